The zero-order valence-electron chi connectivity index (χ0n) is 13.9. The van der Waals surface area contributed by atoms with Crippen molar-refractivity contribution in [2.45, 2.75) is 44.8 Å². The van der Waals surface area contributed by atoms with Gasteiger partial charge in [0, 0.05) is 18.7 Å². The summed E-state index contributed by atoms with van der Waals surface area (Å²) in [6.07, 6.45) is -2.10. The Morgan fingerprint density at radius 3 is 2.84 bits per heavy atom. The van der Waals surface area contributed by atoms with Crippen LogP contribution in [-0.2, 0) is 23.9 Å². The summed E-state index contributed by atoms with van der Waals surface area (Å²) in [5.74, 6) is 0.141. The number of nitrogens with zero attached hydrogens (tertiary/aromatic N) is 2. The van der Waals surface area contributed by atoms with Gasteiger partial charge in [0.2, 0.25) is 5.91 Å². The molecule has 1 aliphatic carbocycles. The molecule has 0 aliphatic heterocycles. The van der Waals surface area contributed by atoms with Gasteiger partial charge in [-0.3, -0.25) is 9.48 Å². The number of carbonyl (C=O) groups is 1. The molecule has 4 nitrogen and oxygen atoms in total. The Morgan fingerprint density at radius 2 is 2.12 bits per heavy atom. The van der Waals surface area contributed by atoms with Crippen molar-refractivity contribution in [1.82, 2.24) is 15.1 Å². The van der Waals surface area contributed by atoms with Gasteiger partial charge >= 0.3 is 6.18 Å². The van der Waals surface area contributed by atoms with E-state index in [0.717, 1.165) is 18.9 Å². The van der Waals surface area contributed by atoms with Crippen LogP contribution in [0.4, 0.5) is 13.2 Å². The predicted octanol–water partition coefficient (Wildman–Crippen LogP) is 3.45. The van der Waals surface area contributed by atoms with Crippen LogP contribution in [0.3, 0.4) is 0 Å². The van der Waals surface area contributed by atoms with E-state index < -0.39 is 11.9 Å². The van der Waals surface area contributed by atoms with Gasteiger partial charge in [-0.2, -0.15) is 18.3 Å². The third-order valence-electron chi connectivity index (χ3n) is 4.61. The number of amides is 1. The van der Waals surface area contributed by atoms with Crippen LogP contribution in [0.25, 0.3) is 0 Å². The lowest BCUT2D eigenvalue weighted by molar-refractivity contribution is -0.141. The van der Waals surface area contributed by atoms with Crippen LogP contribution in [0.5, 0.6) is 0 Å². The number of rotatable bonds is 5. The number of halogens is 3. The Bertz CT molecular complexity index is 767. The summed E-state index contributed by atoms with van der Waals surface area (Å²) < 4.78 is 39.2. The molecule has 1 amide bonds. The van der Waals surface area contributed by atoms with Crippen LogP contribution >= 0.6 is 0 Å². The maximum Gasteiger partial charge on any atom is 0.435 e. The number of nitrogens with one attached hydrogen (secondary N) is 1. The van der Waals surface area contributed by atoms with Gasteiger partial charge in [-0.1, -0.05) is 24.3 Å². The van der Waals surface area contributed by atoms with E-state index in [2.05, 4.69) is 22.5 Å². The fourth-order valence-corrected chi connectivity index (χ4v) is 3.33. The van der Waals surface area contributed by atoms with Gasteiger partial charge in [0.15, 0.2) is 5.69 Å². The molecule has 0 radical (unpaired) electrons. The first kappa shape index (κ1) is 17.5. The highest BCUT2D eigenvalue weighted by Gasteiger charge is 2.34. The second-order valence-electron chi connectivity index (χ2n) is 6.38. The number of aromatic nitrogens is 2. The molecule has 0 saturated heterocycles. The molecule has 7 heteroatoms. The standard InChI is InChI=1S/C18H20F3N3O/c1-12-10-16(18(19,20)21)23-24(12)9-8-22-17(25)11-14-7-6-13-4-2-3-5-15(13)14/h2-5,10,14H,6-9,11H2,1H3,(H,22,25)/t14-/m1/s1. The fraction of sp³-hybridized carbons (Fsp3) is 0.444. The van der Waals surface area contributed by atoms with Crippen molar-refractivity contribution in [3.63, 3.8) is 0 Å². The Hall–Kier alpha value is -2.31. The number of hydrogen-bond acceptors (Lipinski definition) is 2. The van der Waals surface area contributed by atoms with E-state index in [4.69, 9.17) is 0 Å². The minimum Gasteiger partial charge on any atom is -0.354 e. The minimum atomic E-state index is -4.45. The van der Waals surface area contributed by atoms with E-state index in [1.807, 2.05) is 12.1 Å². The quantitative estimate of drug-likeness (QED) is 0.897. The largest absolute Gasteiger partial charge is 0.435 e. The summed E-state index contributed by atoms with van der Waals surface area (Å²) in [6.45, 7) is 2.04. The number of benzene rings is 1. The number of carbonyl (C=O) groups excluding carboxylic acids is 1. The van der Waals surface area contributed by atoms with Gasteiger partial charge in [0.1, 0.15) is 0 Å². The van der Waals surface area contributed by atoms with Crippen LogP contribution in [0.1, 0.15) is 41.3 Å². The Morgan fingerprint density at radius 1 is 1.36 bits per heavy atom. The highest BCUT2D eigenvalue weighted by Crippen LogP contribution is 2.35. The smallest absolute Gasteiger partial charge is 0.354 e. The van der Waals surface area contributed by atoms with Crippen molar-refractivity contribution >= 4 is 5.91 Å². The molecule has 1 aromatic carbocycles. The third-order valence-corrected chi connectivity index (χ3v) is 4.61. The van der Waals surface area contributed by atoms with Crippen molar-refractivity contribution in [1.29, 1.82) is 0 Å². The third kappa shape index (κ3) is 4.03. The molecule has 1 atom stereocenters. The van der Waals surface area contributed by atoms with Crippen molar-refractivity contribution in [3.05, 3.63) is 52.8 Å². The van der Waals surface area contributed by atoms with E-state index in [-0.39, 0.29) is 24.9 Å². The predicted molar refractivity (Wildman–Crippen MR) is 87.1 cm³/mol. The lowest BCUT2D eigenvalue weighted by atomic mass is 9.97. The van der Waals surface area contributed by atoms with Crippen LogP contribution < -0.4 is 5.32 Å². The number of alkyl halides is 3. The highest BCUT2D eigenvalue weighted by atomic mass is 19.4. The van der Waals surface area contributed by atoms with Crippen LogP contribution in [-0.4, -0.2) is 22.2 Å². The molecule has 0 spiro atoms. The SMILES string of the molecule is Cc1cc(C(F)(F)F)nn1CCNC(=O)C[C@H]1CCc2ccccc21. The van der Waals surface area contributed by atoms with Crippen molar-refractivity contribution < 1.29 is 18.0 Å². The molecule has 1 heterocycles. The molecule has 3 rings (SSSR count). The molecule has 1 aliphatic rings. The summed E-state index contributed by atoms with van der Waals surface area (Å²) in [4.78, 5) is 12.1. The molecule has 2 aromatic rings. The summed E-state index contributed by atoms with van der Waals surface area (Å²) in [5.41, 5.74) is 2.05. The summed E-state index contributed by atoms with van der Waals surface area (Å²) in [7, 11) is 0. The normalized spacial score (nSPS) is 16.7. The molecule has 1 aromatic heterocycles. The van der Waals surface area contributed by atoms with Gasteiger partial charge in [0.05, 0.1) is 6.54 Å². The van der Waals surface area contributed by atoms with Crippen molar-refractivity contribution in [3.8, 4) is 0 Å². The topological polar surface area (TPSA) is 46.9 Å². The lowest BCUT2D eigenvalue weighted by Gasteiger charge is -2.12. The second kappa shape index (κ2) is 6.90. The average Bonchev–Trinajstić information content (AvgIpc) is 3.12. The molecule has 25 heavy (non-hydrogen) atoms. The molecule has 134 valence electrons. The van der Waals surface area contributed by atoms with Gasteiger partial charge in [0.25, 0.3) is 0 Å². The monoisotopic (exact) mass is 351 g/mol. The van der Waals surface area contributed by atoms with Crippen molar-refractivity contribution in [2.24, 2.45) is 0 Å². The fourth-order valence-electron chi connectivity index (χ4n) is 3.33. The molecule has 0 saturated carbocycles. The summed E-state index contributed by atoms with van der Waals surface area (Å²) in [5, 5.41) is 6.33. The van der Waals surface area contributed by atoms with E-state index in [1.165, 1.54) is 15.8 Å². The van der Waals surface area contributed by atoms with Gasteiger partial charge < -0.3 is 5.32 Å². The Labute approximate surface area is 144 Å². The molecule has 0 unspecified atom stereocenters. The summed E-state index contributed by atoms with van der Waals surface area (Å²) in [6, 6.07) is 9.14. The van der Waals surface area contributed by atoms with Gasteiger partial charge in [-0.05, 0) is 42.9 Å². The molecular weight excluding hydrogens is 331 g/mol. The molecular formula is C18H20F3N3O. The molecule has 0 bridgehead atoms. The van der Waals surface area contributed by atoms with Gasteiger partial charge in [-0.15, -0.1) is 0 Å². The van der Waals surface area contributed by atoms with E-state index in [1.54, 1.807) is 6.92 Å². The second-order valence-corrected chi connectivity index (χ2v) is 6.38. The van der Waals surface area contributed by atoms with Crippen LogP contribution in [0.2, 0.25) is 0 Å². The maximum atomic E-state index is 12.6. The first-order valence-electron chi connectivity index (χ1n) is 8.31. The van der Waals surface area contributed by atoms with E-state index in [0.29, 0.717) is 12.1 Å². The van der Waals surface area contributed by atoms with E-state index in [9.17, 15) is 18.0 Å². The maximum absolute atomic E-state index is 12.6. The molecule has 0 fully saturated rings. The average molecular weight is 351 g/mol. The zero-order chi connectivity index (χ0) is 18.0. The number of fused-ring (bicyclic) bond motifs is 1. The number of aryl methyl sites for hydroxylation is 2. The highest BCUT2D eigenvalue weighted by molar-refractivity contribution is 5.77. The summed E-state index contributed by atoms with van der Waals surface area (Å²) >= 11 is 0. The Kier molecular flexibility index (Phi) is 4.83. The minimum absolute atomic E-state index is 0.0810. The first-order valence-corrected chi connectivity index (χ1v) is 8.31. The lowest BCUT2D eigenvalue weighted by Crippen LogP contribution is -2.28. The first-order chi connectivity index (χ1) is 11.8. The number of hydrogen-bond donors (Lipinski definition) is 1. The van der Waals surface area contributed by atoms with Crippen molar-refractivity contribution in [2.75, 3.05) is 6.54 Å². The van der Waals surface area contributed by atoms with Gasteiger partial charge in [-0.25, -0.2) is 0 Å². The van der Waals surface area contributed by atoms with E-state index >= 15 is 0 Å². The zero-order valence-corrected chi connectivity index (χ0v) is 13.9. The Balaban J connectivity index is 1.50. The molecule has 1 N–H and O–H groups in total. The van der Waals surface area contributed by atoms with Crippen LogP contribution in [0, 0.1) is 6.92 Å². The van der Waals surface area contributed by atoms with Crippen LogP contribution in [0.15, 0.2) is 30.3 Å².